The molecule has 0 amide bonds. The SMILES string of the molecule is CC(C)CCCCCC(O)(CCCCCC(C)C)C([O-])=S.CC(C)CCCCCC(O)(CCCCCC(C)C)C([O-])=S.[Zn+2]. The first-order chi connectivity index (χ1) is 19.6. The maximum Gasteiger partial charge on any atom is 2.00 e. The summed E-state index contributed by atoms with van der Waals surface area (Å²) in [7, 11) is 0. The standard InChI is InChI=1S/2C18H36O2S.Zn/c2*1-15(2)11-7-5-9-13-18(20,17(19)21)14-10-6-8-12-16(3)4;/h2*15-16,20H,5-14H2,1-4H3,(H,19,21);/q;;+2/p-2. The van der Waals surface area contributed by atoms with E-state index in [0.717, 1.165) is 75.0 Å². The van der Waals surface area contributed by atoms with E-state index in [-0.39, 0.29) is 19.5 Å². The summed E-state index contributed by atoms with van der Waals surface area (Å²) in [6, 6.07) is 0. The Balaban J connectivity index is -0.000000727. The molecule has 0 aromatic carbocycles. The predicted octanol–water partition coefficient (Wildman–Crippen LogP) is 9.23. The number of hydrogen-bond acceptors (Lipinski definition) is 6. The van der Waals surface area contributed by atoms with Crippen LogP contribution in [-0.2, 0) is 19.5 Å². The fraction of sp³-hybridized carbons (Fsp3) is 0.944. The molecule has 0 aromatic heterocycles. The molecule has 0 saturated heterocycles. The number of thiocarbonyl (C=S) groups is 2. The normalized spacial score (nSPS) is 12.0. The Morgan fingerprint density at radius 2 is 0.628 bits per heavy atom. The van der Waals surface area contributed by atoms with Gasteiger partial charge in [-0.05, 0) is 59.5 Å². The molecule has 43 heavy (non-hydrogen) atoms. The van der Waals surface area contributed by atoms with E-state index in [1.807, 2.05) is 0 Å². The van der Waals surface area contributed by atoms with Crippen molar-refractivity contribution >= 4 is 34.5 Å². The molecule has 0 aliphatic heterocycles. The average Bonchev–Trinajstić information content (AvgIpc) is 2.87. The predicted molar refractivity (Wildman–Crippen MR) is 187 cm³/mol. The van der Waals surface area contributed by atoms with Gasteiger partial charge in [-0.2, -0.15) is 0 Å². The maximum atomic E-state index is 11.6. The molecule has 0 aliphatic rings. The zero-order valence-electron chi connectivity index (χ0n) is 29.7. The zero-order chi connectivity index (χ0) is 32.6. The summed E-state index contributed by atoms with van der Waals surface area (Å²) >= 11 is 9.53. The van der Waals surface area contributed by atoms with Crippen molar-refractivity contribution in [2.75, 3.05) is 0 Å². The molecule has 0 atom stereocenters. The van der Waals surface area contributed by atoms with Crippen molar-refractivity contribution in [1.29, 1.82) is 0 Å². The van der Waals surface area contributed by atoms with Gasteiger partial charge >= 0.3 is 19.5 Å². The van der Waals surface area contributed by atoms with Crippen LogP contribution in [0.3, 0.4) is 0 Å². The summed E-state index contributed by atoms with van der Waals surface area (Å²) in [5, 5.41) is 43.1. The Labute approximate surface area is 291 Å². The van der Waals surface area contributed by atoms with Gasteiger partial charge in [-0.25, -0.2) is 0 Å². The summed E-state index contributed by atoms with van der Waals surface area (Å²) in [6.45, 7) is 17.8. The molecule has 4 nitrogen and oxygen atoms in total. The molecule has 252 valence electrons. The molecule has 0 radical (unpaired) electrons. The minimum Gasteiger partial charge on any atom is -0.866 e. The molecule has 0 spiro atoms. The van der Waals surface area contributed by atoms with Gasteiger partial charge < -0.3 is 20.4 Å². The van der Waals surface area contributed by atoms with E-state index in [1.165, 1.54) is 51.4 Å². The van der Waals surface area contributed by atoms with Gasteiger partial charge in [-0.1, -0.05) is 183 Å². The Kier molecular flexibility index (Phi) is 31.7. The van der Waals surface area contributed by atoms with Gasteiger partial charge in [0.25, 0.3) is 0 Å². The first-order valence-electron chi connectivity index (χ1n) is 17.4. The van der Waals surface area contributed by atoms with E-state index in [2.05, 4.69) is 55.4 Å². The molecule has 2 N–H and O–H groups in total. The van der Waals surface area contributed by atoms with Crippen molar-refractivity contribution in [2.45, 2.75) is 195 Å². The number of aliphatic hydroxyl groups is 2. The largest absolute Gasteiger partial charge is 2.00 e. The van der Waals surface area contributed by atoms with Gasteiger partial charge in [0.05, 0.1) is 11.2 Å². The van der Waals surface area contributed by atoms with Crippen LogP contribution >= 0.6 is 24.4 Å². The van der Waals surface area contributed by atoms with Crippen molar-refractivity contribution in [3.05, 3.63) is 0 Å². The van der Waals surface area contributed by atoms with Crippen LogP contribution in [0.5, 0.6) is 0 Å². The van der Waals surface area contributed by atoms with Gasteiger partial charge in [-0.15, -0.1) is 0 Å². The molecule has 0 fully saturated rings. The molecule has 0 rings (SSSR count). The van der Waals surface area contributed by atoms with Crippen molar-refractivity contribution in [3.63, 3.8) is 0 Å². The second kappa shape index (κ2) is 28.5. The molecular formula is C36H70O4S2Zn. The molecule has 0 unspecified atom stereocenters. The molecule has 0 heterocycles. The second-order valence-corrected chi connectivity index (χ2v) is 15.4. The molecular weight excluding hydrogens is 626 g/mol. The summed E-state index contributed by atoms with van der Waals surface area (Å²) in [5.74, 6) is 2.91. The Morgan fingerprint density at radius 1 is 0.442 bits per heavy atom. The molecule has 7 heteroatoms. The van der Waals surface area contributed by atoms with E-state index >= 15 is 0 Å². The Morgan fingerprint density at radius 3 is 0.767 bits per heavy atom. The van der Waals surface area contributed by atoms with Crippen LogP contribution in [0.2, 0.25) is 0 Å². The quantitative estimate of drug-likeness (QED) is 0.0533. The van der Waals surface area contributed by atoms with Crippen LogP contribution in [0.1, 0.15) is 184 Å². The fourth-order valence-electron chi connectivity index (χ4n) is 5.25. The fourth-order valence-corrected chi connectivity index (χ4v) is 5.65. The number of unbranched alkanes of at least 4 members (excludes halogenated alkanes) is 8. The second-order valence-electron chi connectivity index (χ2n) is 14.6. The van der Waals surface area contributed by atoms with Crippen LogP contribution in [0, 0.1) is 23.7 Å². The molecule has 0 aliphatic carbocycles. The van der Waals surface area contributed by atoms with Gasteiger partial charge in [-0.3, -0.25) is 0 Å². The third-order valence-electron chi connectivity index (χ3n) is 8.25. The molecule has 0 bridgehead atoms. The van der Waals surface area contributed by atoms with Gasteiger partial charge in [0.15, 0.2) is 0 Å². The summed E-state index contributed by atoms with van der Waals surface area (Å²) in [6.07, 6.45) is 19.6. The maximum absolute atomic E-state index is 11.6. The van der Waals surface area contributed by atoms with Crippen LogP contribution in [-0.4, -0.2) is 31.5 Å². The average molecular weight is 696 g/mol. The Hall–Kier alpha value is 0.323. The first kappa shape index (κ1) is 47.7. The van der Waals surface area contributed by atoms with E-state index in [1.54, 1.807) is 0 Å². The van der Waals surface area contributed by atoms with Crippen molar-refractivity contribution in [2.24, 2.45) is 23.7 Å². The summed E-state index contributed by atoms with van der Waals surface area (Å²) < 4.78 is 0. The third-order valence-corrected chi connectivity index (χ3v) is 9.01. The van der Waals surface area contributed by atoms with Crippen molar-refractivity contribution < 1.29 is 39.9 Å². The minimum absolute atomic E-state index is 0. The van der Waals surface area contributed by atoms with E-state index in [0.29, 0.717) is 25.7 Å². The van der Waals surface area contributed by atoms with Crippen molar-refractivity contribution in [3.8, 4) is 0 Å². The third kappa shape index (κ3) is 29.5. The topological polar surface area (TPSA) is 86.6 Å². The van der Waals surface area contributed by atoms with Crippen LogP contribution in [0.15, 0.2) is 0 Å². The van der Waals surface area contributed by atoms with Gasteiger partial charge in [0.1, 0.15) is 0 Å². The van der Waals surface area contributed by atoms with E-state index in [9.17, 15) is 20.4 Å². The number of hydrogen-bond donors (Lipinski definition) is 2. The smallest absolute Gasteiger partial charge is 0.866 e. The zero-order valence-corrected chi connectivity index (χ0v) is 34.3. The van der Waals surface area contributed by atoms with Crippen molar-refractivity contribution in [1.82, 2.24) is 0 Å². The van der Waals surface area contributed by atoms with Gasteiger partial charge in [0.2, 0.25) is 0 Å². The number of rotatable bonds is 26. The van der Waals surface area contributed by atoms with Gasteiger partial charge in [0, 0.05) is 0 Å². The molecule has 0 saturated carbocycles. The monoisotopic (exact) mass is 694 g/mol. The van der Waals surface area contributed by atoms with E-state index in [4.69, 9.17) is 24.4 Å². The first-order valence-corrected chi connectivity index (χ1v) is 18.2. The van der Waals surface area contributed by atoms with Crippen LogP contribution in [0.4, 0.5) is 0 Å². The van der Waals surface area contributed by atoms with Crippen LogP contribution in [0.25, 0.3) is 0 Å². The van der Waals surface area contributed by atoms with Crippen LogP contribution < -0.4 is 10.2 Å². The molecule has 0 aromatic rings. The minimum atomic E-state index is -1.25. The summed E-state index contributed by atoms with van der Waals surface area (Å²) in [5.41, 5.74) is -2.49. The van der Waals surface area contributed by atoms with E-state index < -0.39 is 21.3 Å². The summed E-state index contributed by atoms with van der Waals surface area (Å²) in [4.78, 5) is 0. The Bertz CT molecular complexity index is 576.